The second-order valence-corrected chi connectivity index (χ2v) is 3.92. The van der Waals surface area contributed by atoms with Crippen LogP contribution >= 0.6 is 0 Å². The van der Waals surface area contributed by atoms with Gasteiger partial charge < -0.3 is 10.3 Å². The highest BCUT2D eigenvalue weighted by atomic mass is 15.1. The van der Waals surface area contributed by atoms with Gasteiger partial charge in [-0.3, -0.25) is 0 Å². The molecule has 0 aliphatic rings. The molecular formula is C13H17N3. The van der Waals surface area contributed by atoms with Gasteiger partial charge in [0, 0.05) is 24.7 Å². The molecule has 2 N–H and O–H groups in total. The lowest BCUT2D eigenvalue weighted by atomic mass is 10.1. The largest absolute Gasteiger partial charge is 0.335 e. The number of imidazole rings is 1. The summed E-state index contributed by atoms with van der Waals surface area (Å²) < 4.78 is 2.12. The van der Waals surface area contributed by atoms with Gasteiger partial charge in [-0.2, -0.15) is 0 Å². The number of hydrogen-bond acceptors (Lipinski definition) is 2. The number of rotatable bonds is 3. The maximum atomic E-state index is 5.64. The van der Waals surface area contributed by atoms with Gasteiger partial charge in [-0.05, 0) is 13.5 Å². The molecule has 0 fully saturated rings. The zero-order valence-corrected chi connectivity index (χ0v) is 9.77. The predicted octanol–water partition coefficient (Wildman–Crippen LogP) is 1.90. The third-order valence-corrected chi connectivity index (χ3v) is 2.87. The molecule has 0 unspecified atom stereocenters. The van der Waals surface area contributed by atoms with Crippen LogP contribution in [0.3, 0.4) is 0 Å². The second-order valence-electron chi connectivity index (χ2n) is 3.92. The molecule has 0 saturated heterocycles. The molecule has 0 radical (unpaired) electrons. The maximum absolute atomic E-state index is 5.64. The third-order valence-electron chi connectivity index (χ3n) is 2.87. The summed E-state index contributed by atoms with van der Waals surface area (Å²) in [6.07, 6.45) is 0.863. The minimum Gasteiger partial charge on any atom is -0.335 e. The van der Waals surface area contributed by atoms with Crippen molar-refractivity contribution in [2.75, 3.05) is 6.54 Å². The van der Waals surface area contributed by atoms with Crippen LogP contribution in [0.25, 0.3) is 11.3 Å². The maximum Gasteiger partial charge on any atom is 0.106 e. The summed E-state index contributed by atoms with van der Waals surface area (Å²) in [6.45, 7) is 2.67. The molecule has 3 nitrogen and oxygen atoms in total. The summed E-state index contributed by atoms with van der Waals surface area (Å²) in [5.74, 6) is 1.03. The highest BCUT2D eigenvalue weighted by Gasteiger charge is 2.12. The molecule has 16 heavy (non-hydrogen) atoms. The molecule has 0 atom stereocenters. The number of nitrogens with two attached hydrogens (primary N) is 1. The Labute approximate surface area is 95.9 Å². The van der Waals surface area contributed by atoms with Crippen molar-refractivity contribution >= 4 is 0 Å². The molecule has 0 saturated carbocycles. The Kier molecular flexibility index (Phi) is 3.06. The lowest BCUT2D eigenvalue weighted by molar-refractivity contribution is 0.778. The number of aryl methyl sites for hydroxylation is 1. The smallest absolute Gasteiger partial charge is 0.106 e. The van der Waals surface area contributed by atoms with Crippen LogP contribution in [0.2, 0.25) is 0 Å². The van der Waals surface area contributed by atoms with Crippen LogP contribution in [0.4, 0.5) is 0 Å². The van der Waals surface area contributed by atoms with E-state index in [0.29, 0.717) is 6.54 Å². The molecular weight excluding hydrogens is 198 g/mol. The fraction of sp³-hybridized carbons (Fsp3) is 0.308. The molecule has 0 aliphatic carbocycles. The van der Waals surface area contributed by atoms with Gasteiger partial charge >= 0.3 is 0 Å². The van der Waals surface area contributed by atoms with E-state index >= 15 is 0 Å². The summed E-state index contributed by atoms with van der Waals surface area (Å²) in [5.41, 5.74) is 9.08. The Balaban J connectivity index is 2.52. The van der Waals surface area contributed by atoms with E-state index < -0.39 is 0 Å². The molecule has 0 aliphatic heterocycles. The molecule has 0 spiro atoms. The highest BCUT2D eigenvalue weighted by Crippen LogP contribution is 2.23. The first-order chi connectivity index (χ1) is 7.74. The van der Waals surface area contributed by atoms with Gasteiger partial charge in [-0.1, -0.05) is 30.3 Å². The SMILES string of the molecule is Cc1nc(-c2ccccc2)c(CCN)n1C. The average molecular weight is 215 g/mol. The van der Waals surface area contributed by atoms with Crippen LogP contribution in [0.5, 0.6) is 0 Å². The molecule has 2 rings (SSSR count). The summed E-state index contributed by atoms with van der Waals surface area (Å²) in [4.78, 5) is 4.61. The first-order valence-electron chi connectivity index (χ1n) is 5.51. The number of nitrogens with zero attached hydrogens (tertiary/aromatic N) is 2. The van der Waals surface area contributed by atoms with E-state index in [1.54, 1.807) is 0 Å². The summed E-state index contributed by atoms with van der Waals surface area (Å²) >= 11 is 0. The van der Waals surface area contributed by atoms with Gasteiger partial charge in [-0.25, -0.2) is 4.98 Å². The summed E-state index contributed by atoms with van der Waals surface area (Å²) in [7, 11) is 2.04. The van der Waals surface area contributed by atoms with E-state index in [2.05, 4.69) is 21.7 Å². The molecule has 1 heterocycles. The van der Waals surface area contributed by atoms with E-state index in [4.69, 9.17) is 5.73 Å². The summed E-state index contributed by atoms with van der Waals surface area (Å²) in [6, 6.07) is 10.3. The summed E-state index contributed by atoms with van der Waals surface area (Å²) in [5, 5.41) is 0. The lowest BCUT2D eigenvalue weighted by Crippen LogP contribution is -2.08. The van der Waals surface area contributed by atoms with E-state index in [1.165, 1.54) is 5.69 Å². The second kappa shape index (κ2) is 4.49. The van der Waals surface area contributed by atoms with Gasteiger partial charge in [0.25, 0.3) is 0 Å². The van der Waals surface area contributed by atoms with Crippen molar-refractivity contribution < 1.29 is 0 Å². The lowest BCUT2D eigenvalue weighted by Gasteiger charge is -2.04. The minimum atomic E-state index is 0.652. The topological polar surface area (TPSA) is 43.8 Å². The van der Waals surface area contributed by atoms with Gasteiger partial charge in [-0.15, -0.1) is 0 Å². The highest BCUT2D eigenvalue weighted by molar-refractivity contribution is 5.62. The normalized spacial score (nSPS) is 10.7. The standard InChI is InChI=1S/C13H17N3/c1-10-15-13(11-6-4-3-5-7-11)12(8-9-14)16(10)2/h3-7H,8-9,14H2,1-2H3. The van der Waals surface area contributed by atoms with E-state index in [-0.39, 0.29) is 0 Å². The Bertz CT molecular complexity index is 471. The van der Waals surface area contributed by atoms with E-state index in [9.17, 15) is 0 Å². The van der Waals surface area contributed by atoms with Crippen LogP contribution in [-0.2, 0) is 13.5 Å². The van der Waals surface area contributed by atoms with Gasteiger partial charge in [0.2, 0.25) is 0 Å². The fourth-order valence-electron chi connectivity index (χ4n) is 1.91. The van der Waals surface area contributed by atoms with Crippen molar-refractivity contribution in [2.24, 2.45) is 12.8 Å². The third kappa shape index (κ3) is 1.86. The molecule has 1 aromatic carbocycles. The molecule has 1 aromatic heterocycles. The van der Waals surface area contributed by atoms with Crippen molar-refractivity contribution in [3.05, 3.63) is 41.9 Å². The number of benzene rings is 1. The quantitative estimate of drug-likeness (QED) is 0.849. The van der Waals surface area contributed by atoms with Gasteiger partial charge in [0.05, 0.1) is 5.69 Å². The van der Waals surface area contributed by atoms with Crippen LogP contribution in [0.1, 0.15) is 11.5 Å². The Morgan fingerprint density at radius 2 is 1.94 bits per heavy atom. The fourth-order valence-corrected chi connectivity index (χ4v) is 1.91. The van der Waals surface area contributed by atoms with Crippen molar-refractivity contribution in [3.8, 4) is 11.3 Å². The van der Waals surface area contributed by atoms with Crippen LogP contribution in [0, 0.1) is 6.92 Å². The minimum absolute atomic E-state index is 0.652. The molecule has 0 bridgehead atoms. The number of aromatic nitrogens is 2. The monoisotopic (exact) mass is 215 g/mol. The van der Waals surface area contributed by atoms with Crippen molar-refractivity contribution in [2.45, 2.75) is 13.3 Å². The van der Waals surface area contributed by atoms with Crippen LogP contribution < -0.4 is 5.73 Å². The average Bonchev–Trinajstić information content (AvgIpc) is 2.59. The van der Waals surface area contributed by atoms with E-state index in [0.717, 1.165) is 23.5 Å². The molecule has 3 heteroatoms. The first kappa shape index (κ1) is 10.9. The van der Waals surface area contributed by atoms with Crippen molar-refractivity contribution in [1.82, 2.24) is 9.55 Å². The van der Waals surface area contributed by atoms with Crippen LogP contribution in [0.15, 0.2) is 30.3 Å². The van der Waals surface area contributed by atoms with Gasteiger partial charge in [0.1, 0.15) is 5.82 Å². The van der Waals surface area contributed by atoms with Crippen LogP contribution in [-0.4, -0.2) is 16.1 Å². The zero-order valence-electron chi connectivity index (χ0n) is 9.77. The van der Waals surface area contributed by atoms with Crippen molar-refractivity contribution in [3.63, 3.8) is 0 Å². The Hall–Kier alpha value is -1.61. The predicted molar refractivity (Wildman–Crippen MR) is 66.1 cm³/mol. The van der Waals surface area contributed by atoms with Crippen molar-refractivity contribution in [1.29, 1.82) is 0 Å². The Morgan fingerprint density at radius 1 is 1.25 bits per heavy atom. The Morgan fingerprint density at radius 3 is 2.56 bits per heavy atom. The van der Waals surface area contributed by atoms with Gasteiger partial charge in [0.15, 0.2) is 0 Å². The molecule has 0 amide bonds. The number of hydrogen-bond donors (Lipinski definition) is 1. The first-order valence-corrected chi connectivity index (χ1v) is 5.51. The zero-order chi connectivity index (χ0) is 11.5. The molecule has 84 valence electrons. The molecule has 2 aromatic rings. The van der Waals surface area contributed by atoms with E-state index in [1.807, 2.05) is 32.2 Å².